The number of halogens is 2. The lowest BCUT2D eigenvalue weighted by atomic mass is 10.2. The van der Waals surface area contributed by atoms with Crippen LogP contribution >= 0.6 is 43.2 Å². The maximum atomic E-state index is 12.0. The van der Waals surface area contributed by atoms with Gasteiger partial charge in [0.05, 0.1) is 8.68 Å². The third-order valence-electron chi connectivity index (χ3n) is 2.38. The molecule has 1 aromatic heterocycles. The number of hydrogen-bond acceptors (Lipinski definition) is 4. The first kappa shape index (κ1) is 15.2. The third kappa shape index (κ3) is 3.88. The van der Waals surface area contributed by atoms with Crippen LogP contribution < -0.4 is 0 Å². The van der Waals surface area contributed by atoms with Crippen molar-refractivity contribution in [1.29, 1.82) is 0 Å². The van der Waals surface area contributed by atoms with E-state index in [0.717, 1.165) is 18.7 Å². The normalized spacial score (nSPS) is 11.7. The van der Waals surface area contributed by atoms with Crippen molar-refractivity contribution in [3.05, 3.63) is 49.0 Å². The highest BCUT2D eigenvalue weighted by Gasteiger charge is 2.16. The smallest absolute Gasteiger partial charge is 0.261 e. The molecular weight excluding hydrogens is 416 g/mol. The van der Waals surface area contributed by atoms with Crippen molar-refractivity contribution in [1.82, 2.24) is 0 Å². The molecule has 0 aliphatic heterocycles. The van der Waals surface area contributed by atoms with Gasteiger partial charge in [-0.15, -0.1) is 11.3 Å². The van der Waals surface area contributed by atoms with Crippen molar-refractivity contribution < 1.29 is 12.6 Å². The fraction of sp³-hybridized carbons (Fsp3) is 0.167. The zero-order valence-corrected chi connectivity index (χ0v) is 14.7. The van der Waals surface area contributed by atoms with Crippen molar-refractivity contribution in [2.24, 2.45) is 0 Å². The molecule has 0 amide bonds. The second-order valence-electron chi connectivity index (χ2n) is 3.85. The summed E-state index contributed by atoms with van der Waals surface area (Å²) in [6.45, 7) is 1.92. The second-order valence-corrected chi connectivity index (χ2v) is 8.84. The lowest BCUT2D eigenvalue weighted by Crippen LogP contribution is -2.06. The Bertz CT molecular complexity index is 676. The lowest BCUT2D eigenvalue weighted by molar-refractivity contribution is 0.310. The molecule has 3 nitrogen and oxygen atoms in total. The minimum Gasteiger partial charge on any atom is -0.261 e. The van der Waals surface area contributed by atoms with Crippen LogP contribution in [0.1, 0.15) is 10.4 Å². The van der Waals surface area contributed by atoms with Gasteiger partial charge in [-0.3, -0.25) is 4.18 Å². The van der Waals surface area contributed by atoms with Crippen LogP contribution in [0.5, 0.6) is 0 Å². The van der Waals surface area contributed by atoms with Crippen LogP contribution in [-0.2, 0) is 20.9 Å². The topological polar surface area (TPSA) is 43.4 Å². The molecule has 0 bridgehead atoms. The standard InChI is InChI=1S/C12H10Br2O3S2/c1-8-2-4-9(5-3-8)19(15,16)17-7-11-10(13)6-12(14)18-11/h2-6H,7H2,1H3. The van der Waals surface area contributed by atoms with E-state index in [2.05, 4.69) is 31.9 Å². The van der Waals surface area contributed by atoms with Gasteiger partial charge >= 0.3 is 0 Å². The van der Waals surface area contributed by atoms with Gasteiger partial charge in [0.15, 0.2) is 0 Å². The van der Waals surface area contributed by atoms with E-state index in [-0.39, 0.29) is 11.5 Å². The summed E-state index contributed by atoms with van der Waals surface area (Å²) in [5.74, 6) is 0. The Labute approximate surface area is 133 Å². The predicted octanol–water partition coefficient (Wildman–Crippen LogP) is 4.49. The minimum absolute atomic E-state index is 0.0209. The van der Waals surface area contributed by atoms with Crippen LogP contribution in [0.2, 0.25) is 0 Å². The van der Waals surface area contributed by atoms with E-state index in [4.69, 9.17) is 4.18 Å². The SMILES string of the molecule is Cc1ccc(S(=O)(=O)OCc2sc(Br)cc2Br)cc1. The molecule has 2 rings (SSSR count). The summed E-state index contributed by atoms with van der Waals surface area (Å²) in [7, 11) is -3.71. The van der Waals surface area contributed by atoms with Crippen molar-refractivity contribution in [3.63, 3.8) is 0 Å². The van der Waals surface area contributed by atoms with Gasteiger partial charge in [-0.05, 0) is 57.0 Å². The number of rotatable bonds is 4. The highest BCUT2D eigenvalue weighted by molar-refractivity contribution is 9.11. The van der Waals surface area contributed by atoms with E-state index in [1.54, 1.807) is 24.3 Å². The van der Waals surface area contributed by atoms with Crippen LogP contribution in [-0.4, -0.2) is 8.42 Å². The molecule has 0 unspecified atom stereocenters. The van der Waals surface area contributed by atoms with Gasteiger partial charge in [0.2, 0.25) is 0 Å². The zero-order chi connectivity index (χ0) is 14.0. The Hall–Kier alpha value is -0.210. The van der Waals surface area contributed by atoms with E-state index in [9.17, 15) is 8.42 Å². The summed E-state index contributed by atoms with van der Waals surface area (Å²) in [5.41, 5.74) is 1.00. The Morgan fingerprint density at radius 1 is 1.21 bits per heavy atom. The van der Waals surface area contributed by atoms with Crippen molar-refractivity contribution >= 4 is 53.3 Å². The molecule has 0 spiro atoms. The molecule has 1 aromatic carbocycles. The van der Waals surface area contributed by atoms with E-state index >= 15 is 0 Å². The summed E-state index contributed by atoms with van der Waals surface area (Å²) < 4.78 is 30.8. The summed E-state index contributed by atoms with van der Waals surface area (Å²) in [6.07, 6.45) is 0. The molecule has 7 heteroatoms. The van der Waals surface area contributed by atoms with E-state index in [1.165, 1.54) is 11.3 Å². The molecule has 0 radical (unpaired) electrons. The molecule has 0 saturated heterocycles. The third-order valence-corrected chi connectivity index (χ3v) is 6.24. The molecule has 0 fully saturated rings. The molecule has 1 heterocycles. The summed E-state index contributed by atoms with van der Waals surface area (Å²) >= 11 is 8.13. The Morgan fingerprint density at radius 3 is 2.37 bits per heavy atom. The van der Waals surface area contributed by atoms with Crippen molar-refractivity contribution in [3.8, 4) is 0 Å². The van der Waals surface area contributed by atoms with Crippen LogP contribution in [0.25, 0.3) is 0 Å². The Kier molecular flexibility index (Phi) is 4.84. The Balaban J connectivity index is 2.14. The first-order valence-corrected chi connectivity index (χ1v) is 9.09. The zero-order valence-electron chi connectivity index (χ0n) is 9.89. The van der Waals surface area contributed by atoms with Gasteiger partial charge in [-0.25, -0.2) is 0 Å². The molecule has 0 aliphatic carbocycles. The number of aryl methyl sites for hydroxylation is 1. The first-order chi connectivity index (χ1) is 8.88. The van der Waals surface area contributed by atoms with Gasteiger partial charge < -0.3 is 0 Å². The first-order valence-electron chi connectivity index (χ1n) is 5.28. The summed E-state index contributed by atoms with van der Waals surface area (Å²) in [4.78, 5) is 0.993. The molecule has 0 saturated carbocycles. The Morgan fingerprint density at radius 2 is 1.84 bits per heavy atom. The number of hydrogen-bond donors (Lipinski definition) is 0. The molecule has 102 valence electrons. The molecule has 0 N–H and O–H groups in total. The van der Waals surface area contributed by atoms with Crippen molar-refractivity contribution in [2.75, 3.05) is 0 Å². The molecule has 0 aliphatic rings. The largest absolute Gasteiger partial charge is 0.297 e. The maximum Gasteiger partial charge on any atom is 0.297 e. The second kappa shape index (κ2) is 6.05. The average molecular weight is 426 g/mol. The van der Waals surface area contributed by atoms with E-state index in [1.807, 2.05) is 13.0 Å². The van der Waals surface area contributed by atoms with Crippen molar-refractivity contribution in [2.45, 2.75) is 18.4 Å². The van der Waals surface area contributed by atoms with Gasteiger partial charge in [0.1, 0.15) is 6.61 Å². The van der Waals surface area contributed by atoms with Gasteiger partial charge in [-0.1, -0.05) is 17.7 Å². The van der Waals surface area contributed by atoms with Gasteiger partial charge in [-0.2, -0.15) is 8.42 Å². The predicted molar refractivity (Wildman–Crippen MR) is 82.9 cm³/mol. The van der Waals surface area contributed by atoms with Crippen LogP contribution in [0, 0.1) is 6.92 Å². The maximum absolute atomic E-state index is 12.0. The monoisotopic (exact) mass is 424 g/mol. The number of benzene rings is 1. The molecular formula is C12H10Br2O3S2. The molecule has 2 aromatic rings. The van der Waals surface area contributed by atoms with Gasteiger partial charge in [0.25, 0.3) is 10.1 Å². The van der Waals surface area contributed by atoms with Crippen LogP contribution in [0.4, 0.5) is 0 Å². The van der Waals surface area contributed by atoms with E-state index in [0.29, 0.717) is 0 Å². The van der Waals surface area contributed by atoms with E-state index < -0.39 is 10.1 Å². The number of thiophene rings is 1. The fourth-order valence-electron chi connectivity index (χ4n) is 1.38. The highest BCUT2D eigenvalue weighted by Crippen LogP contribution is 2.32. The summed E-state index contributed by atoms with van der Waals surface area (Å²) in [5, 5.41) is 0. The highest BCUT2D eigenvalue weighted by atomic mass is 79.9. The fourth-order valence-corrected chi connectivity index (χ4v) is 4.88. The molecule has 0 atom stereocenters. The summed E-state index contributed by atoms with van der Waals surface area (Å²) in [6, 6.07) is 8.44. The average Bonchev–Trinajstić information content (AvgIpc) is 2.66. The molecule has 19 heavy (non-hydrogen) atoms. The van der Waals surface area contributed by atoms with Crippen LogP contribution in [0.3, 0.4) is 0 Å². The quantitative estimate of drug-likeness (QED) is 0.678. The van der Waals surface area contributed by atoms with Crippen LogP contribution in [0.15, 0.2) is 43.5 Å². The van der Waals surface area contributed by atoms with Gasteiger partial charge in [0, 0.05) is 9.35 Å². The lowest BCUT2D eigenvalue weighted by Gasteiger charge is -2.05. The minimum atomic E-state index is -3.71.